The second kappa shape index (κ2) is 10.9. The molecule has 1 amide bonds. The Balaban J connectivity index is 1.70. The lowest BCUT2D eigenvalue weighted by atomic mass is 10.1. The number of amides is 1. The Bertz CT molecular complexity index is 1150. The first-order chi connectivity index (χ1) is 15.1. The summed E-state index contributed by atoms with van der Waals surface area (Å²) in [5.74, 6) is 6.75. The summed E-state index contributed by atoms with van der Waals surface area (Å²) in [5, 5.41) is 3.24. The average molecular weight is 433 g/mol. The molecule has 0 saturated carbocycles. The fraction of sp³-hybridized carbons (Fsp3) is 0.120. The van der Waals surface area contributed by atoms with Crippen molar-refractivity contribution in [2.45, 2.75) is 6.92 Å². The molecule has 1 N–H and O–H groups in total. The zero-order valence-electron chi connectivity index (χ0n) is 17.2. The molecule has 0 radical (unpaired) electrons. The molecule has 0 atom stereocenters. The number of anilines is 1. The molecule has 3 rings (SSSR count). The van der Waals surface area contributed by atoms with Gasteiger partial charge in [0.05, 0.1) is 18.7 Å². The summed E-state index contributed by atoms with van der Waals surface area (Å²) in [6.07, 6.45) is 4.79. The second-order valence-electron chi connectivity index (χ2n) is 6.34. The second-order valence-corrected chi connectivity index (χ2v) is 6.74. The summed E-state index contributed by atoms with van der Waals surface area (Å²) in [4.78, 5) is 16.5. The van der Waals surface area contributed by atoms with Crippen molar-refractivity contribution in [2.75, 3.05) is 19.0 Å². The first kappa shape index (κ1) is 21.9. The van der Waals surface area contributed by atoms with E-state index in [-0.39, 0.29) is 5.91 Å². The lowest BCUT2D eigenvalue weighted by Gasteiger charge is -2.11. The number of hydrogen-bond donors (Lipinski definition) is 1. The number of aromatic nitrogens is 1. The fourth-order valence-corrected chi connectivity index (χ4v) is 3.04. The van der Waals surface area contributed by atoms with Gasteiger partial charge in [-0.1, -0.05) is 29.7 Å². The summed E-state index contributed by atoms with van der Waals surface area (Å²) in [5.41, 5.74) is 2.82. The summed E-state index contributed by atoms with van der Waals surface area (Å²) < 4.78 is 10.8. The number of methoxy groups -OCH3 is 1. The molecule has 0 spiro atoms. The highest BCUT2D eigenvalue weighted by Crippen LogP contribution is 2.36. The molecule has 1 heterocycles. The van der Waals surface area contributed by atoms with Gasteiger partial charge in [0.25, 0.3) is 0 Å². The molecule has 0 aliphatic rings. The predicted octanol–water partition coefficient (Wildman–Crippen LogP) is 5.19. The summed E-state index contributed by atoms with van der Waals surface area (Å²) in [6.45, 7) is 2.35. The van der Waals surface area contributed by atoms with Gasteiger partial charge in [0.1, 0.15) is 5.69 Å². The van der Waals surface area contributed by atoms with Crippen LogP contribution in [-0.4, -0.2) is 24.6 Å². The van der Waals surface area contributed by atoms with Gasteiger partial charge in [-0.25, -0.2) is 4.98 Å². The molecule has 156 valence electrons. The van der Waals surface area contributed by atoms with Crippen LogP contribution in [0, 0.1) is 11.8 Å². The van der Waals surface area contributed by atoms with E-state index in [1.54, 1.807) is 36.5 Å². The number of benzene rings is 2. The lowest BCUT2D eigenvalue weighted by Crippen LogP contribution is -2.07. The third kappa shape index (κ3) is 6.36. The number of rotatable bonds is 6. The van der Waals surface area contributed by atoms with Crippen molar-refractivity contribution >= 4 is 29.3 Å². The first-order valence-corrected chi connectivity index (χ1v) is 9.99. The molecule has 31 heavy (non-hydrogen) atoms. The highest BCUT2D eigenvalue weighted by Gasteiger charge is 2.10. The number of nitrogens with zero attached hydrogens (tertiary/aromatic N) is 1. The molecule has 3 aromatic rings. The third-order valence-corrected chi connectivity index (χ3v) is 4.37. The zero-order valence-corrected chi connectivity index (χ0v) is 17.9. The molecule has 2 aromatic carbocycles. The van der Waals surface area contributed by atoms with E-state index >= 15 is 0 Å². The Hall–Kier alpha value is -3.75. The predicted molar refractivity (Wildman–Crippen MR) is 123 cm³/mol. The van der Waals surface area contributed by atoms with Crippen LogP contribution in [0.4, 0.5) is 5.69 Å². The van der Waals surface area contributed by atoms with Gasteiger partial charge in [0, 0.05) is 23.5 Å². The highest BCUT2D eigenvalue weighted by molar-refractivity contribution is 6.32. The Morgan fingerprint density at radius 1 is 1.16 bits per heavy atom. The molecule has 6 heteroatoms. The van der Waals surface area contributed by atoms with Crippen molar-refractivity contribution in [3.63, 3.8) is 0 Å². The SMILES string of the molecule is CCOc1cc(/C=C/C(=O)Nc2cccc(C#Cc3ccccn3)c2)cc(Cl)c1OC. The van der Waals surface area contributed by atoms with Crippen molar-refractivity contribution in [3.8, 4) is 23.3 Å². The molecule has 1 aromatic heterocycles. The van der Waals surface area contributed by atoms with Crippen molar-refractivity contribution in [1.29, 1.82) is 0 Å². The summed E-state index contributed by atoms with van der Waals surface area (Å²) in [6, 6.07) is 16.3. The zero-order chi connectivity index (χ0) is 22.1. The number of carbonyl (C=O) groups is 1. The number of ether oxygens (including phenoxy) is 2. The maximum atomic E-state index is 12.4. The Morgan fingerprint density at radius 3 is 2.77 bits per heavy atom. The van der Waals surface area contributed by atoms with E-state index in [0.717, 1.165) is 11.1 Å². The van der Waals surface area contributed by atoms with Crippen LogP contribution in [0.3, 0.4) is 0 Å². The minimum absolute atomic E-state index is 0.278. The summed E-state index contributed by atoms with van der Waals surface area (Å²) in [7, 11) is 1.53. The van der Waals surface area contributed by atoms with E-state index in [2.05, 4.69) is 22.1 Å². The van der Waals surface area contributed by atoms with Gasteiger partial charge in [0.2, 0.25) is 5.91 Å². The lowest BCUT2D eigenvalue weighted by molar-refractivity contribution is -0.111. The Morgan fingerprint density at radius 2 is 2.03 bits per heavy atom. The van der Waals surface area contributed by atoms with E-state index in [1.807, 2.05) is 37.3 Å². The van der Waals surface area contributed by atoms with Gasteiger partial charge in [-0.3, -0.25) is 4.79 Å². The summed E-state index contributed by atoms with van der Waals surface area (Å²) >= 11 is 6.25. The highest BCUT2D eigenvalue weighted by atomic mass is 35.5. The van der Waals surface area contributed by atoms with Crippen LogP contribution < -0.4 is 14.8 Å². The number of pyridine rings is 1. The third-order valence-electron chi connectivity index (χ3n) is 4.09. The number of halogens is 1. The van der Waals surface area contributed by atoms with Gasteiger partial charge >= 0.3 is 0 Å². The van der Waals surface area contributed by atoms with Crippen molar-refractivity contribution in [1.82, 2.24) is 4.98 Å². The monoisotopic (exact) mass is 432 g/mol. The molecule has 0 aliphatic heterocycles. The minimum Gasteiger partial charge on any atom is -0.491 e. The molecular weight excluding hydrogens is 412 g/mol. The van der Waals surface area contributed by atoms with E-state index in [1.165, 1.54) is 13.2 Å². The maximum Gasteiger partial charge on any atom is 0.248 e. The van der Waals surface area contributed by atoms with E-state index in [4.69, 9.17) is 21.1 Å². The number of hydrogen-bond acceptors (Lipinski definition) is 4. The maximum absolute atomic E-state index is 12.4. The smallest absolute Gasteiger partial charge is 0.248 e. The van der Waals surface area contributed by atoms with Gasteiger partial charge in [-0.15, -0.1) is 0 Å². The largest absolute Gasteiger partial charge is 0.491 e. The number of carbonyl (C=O) groups excluding carboxylic acids is 1. The van der Waals surface area contributed by atoms with Gasteiger partial charge < -0.3 is 14.8 Å². The fourth-order valence-electron chi connectivity index (χ4n) is 2.75. The van der Waals surface area contributed by atoms with Crippen LogP contribution in [0.25, 0.3) is 6.08 Å². The van der Waals surface area contributed by atoms with Crippen LogP contribution in [0.15, 0.2) is 66.9 Å². The van der Waals surface area contributed by atoms with E-state index in [9.17, 15) is 4.79 Å². The standard InChI is InChI=1S/C25H21ClN2O3/c1-3-31-23-17-19(16-22(26)25(23)30-2)11-13-24(29)28-21-9-6-7-18(15-21)10-12-20-8-4-5-14-27-20/h4-9,11,13-17H,3H2,1-2H3,(H,28,29)/b13-11+. The Labute approximate surface area is 186 Å². The van der Waals surface area contributed by atoms with Crippen LogP contribution in [0.5, 0.6) is 11.5 Å². The van der Waals surface area contributed by atoms with E-state index in [0.29, 0.717) is 34.5 Å². The average Bonchev–Trinajstić information content (AvgIpc) is 2.77. The molecule has 5 nitrogen and oxygen atoms in total. The molecule has 0 unspecified atom stereocenters. The molecule has 0 fully saturated rings. The molecule has 0 bridgehead atoms. The topological polar surface area (TPSA) is 60.5 Å². The number of nitrogens with one attached hydrogen (secondary N) is 1. The van der Waals surface area contributed by atoms with Crippen molar-refractivity contribution < 1.29 is 14.3 Å². The van der Waals surface area contributed by atoms with Gasteiger partial charge in [-0.05, 0) is 66.9 Å². The van der Waals surface area contributed by atoms with E-state index < -0.39 is 0 Å². The van der Waals surface area contributed by atoms with Crippen LogP contribution in [0.1, 0.15) is 23.7 Å². The van der Waals surface area contributed by atoms with Gasteiger partial charge in [-0.2, -0.15) is 0 Å². The molecule has 0 aliphatic carbocycles. The van der Waals surface area contributed by atoms with Crippen LogP contribution in [0.2, 0.25) is 5.02 Å². The molecule has 0 saturated heterocycles. The quantitative estimate of drug-likeness (QED) is 0.430. The van der Waals surface area contributed by atoms with Crippen molar-refractivity contribution in [2.24, 2.45) is 0 Å². The molecular formula is C25H21ClN2O3. The normalized spacial score (nSPS) is 10.3. The minimum atomic E-state index is -0.278. The van der Waals surface area contributed by atoms with Crippen LogP contribution in [-0.2, 0) is 4.79 Å². The Kier molecular flexibility index (Phi) is 7.69. The first-order valence-electron chi connectivity index (χ1n) is 9.61. The van der Waals surface area contributed by atoms with Crippen molar-refractivity contribution in [3.05, 3.63) is 88.7 Å². The van der Waals surface area contributed by atoms with Crippen LogP contribution >= 0.6 is 11.6 Å². The van der Waals surface area contributed by atoms with Gasteiger partial charge in [0.15, 0.2) is 11.5 Å².